The van der Waals surface area contributed by atoms with E-state index in [-0.39, 0.29) is 31.6 Å². The molecule has 2 N–H and O–H groups in total. The summed E-state index contributed by atoms with van der Waals surface area (Å²) in [5.41, 5.74) is 0.354. The fourth-order valence-corrected chi connectivity index (χ4v) is 15.3. The molecule has 0 amide bonds. The number of aliphatic hydroxyl groups is 2. The van der Waals surface area contributed by atoms with Crippen molar-refractivity contribution in [3.63, 3.8) is 0 Å². The Labute approximate surface area is 420 Å². The molecule has 8 nitrogen and oxygen atoms in total. The second-order valence-corrected chi connectivity index (χ2v) is 27.8. The number of carbonyl (C=O) groups is 1. The lowest BCUT2D eigenvalue weighted by atomic mass is 9.44. The van der Waals surface area contributed by atoms with Gasteiger partial charge in [0.1, 0.15) is 12.4 Å². The van der Waals surface area contributed by atoms with Crippen molar-refractivity contribution in [2.75, 3.05) is 46.1 Å². The van der Waals surface area contributed by atoms with Crippen LogP contribution in [-0.4, -0.2) is 88.1 Å². The van der Waals surface area contributed by atoms with Gasteiger partial charge in [0.2, 0.25) is 0 Å². The summed E-state index contributed by atoms with van der Waals surface area (Å²) in [6, 6.07) is 0. The van der Waals surface area contributed by atoms with Crippen molar-refractivity contribution >= 4 is 14.5 Å². The van der Waals surface area contributed by atoms with E-state index in [9.17, 15) is 15.0 Å². The minimum Gasteiger partial charge on any atom is -0.462 e. The second-order valence-electron chi connectivity index (χ2n) is 24.4. The molecule has 0 aromatic carbocycles. The predicted octanol–water partition coefficient (Wildman–Crippen LogP) is 14.8. The third kappa shape index (κ3) is 19.4. The molecule has 0 bridgehead atoms. The Hall–Kier alpha value is -1.07. The van der Waals surface area contributed by atoms with E-state index in [0.29, 0.717) is 35.8 Å². The third-order valence-electron chi connectivity index (χ3n) is 17.8. The average Bonchev–Trinajstić information content (AvgIpc) is 3.65. The molecule has 4 saturated carbocycles. The first-order valence-electron chi connectivity index (χ1n) is 29.0. The van der Waals surface area contributed by atoms with Crippen molar-refractivity contribution in [1.82, 2.24) is 4.90 Å². The van der Waals surface area contributed by atoms with Crippen molar-refractivity contribution < 1.29 is 33.3 Å². The van der Waals surface area contributed by atoms with Crippen LogP contribution in [0.1, 0.15) is 222 Å². The molecule has 6 unspecified atom stereocenters. The molecule has 4 rings (SSSR count). The molecule has 4 aliphatic carbocycles. The van der Waals surface area contributed by atoms with E-state index in [4.69, 9.17) is 18.3 Å². The monoisotopic (exact) mass is 972 g/mol. The van der Waals surface area contributed by atoms with Crippen LogP contribution in [0.5, 0.6) is 0 Å². The maximum atomic E-state index is 12.8. The molecule has 68 heavy (non-hydrogen) atoms. The number of rotatable bonds is 35. The zero-order chi connectivity index (χ0) is 49.5. The Kier molecular flexibility index (Phi) is 27.0. The Morgan fingerprint density at radius 1 is 0.721 bits per heavy atom. The van der Waals surface area contributed by atoms with Crippen LogP contribution in [0, 0.1) is 51.8 Å². The summed E-state index contributed by atoms with van der Waals surface area (Å²) in [7, 11) is -2.42. The summed E-state index contributed by atoms with van der Waals surface area (Å²) in [5, 5.41) is 18.7. The number of unbranched alkanes of at least 4 members (excludes halogenated alkanes) is 12. The van der Waals surface area contributed by atoms with E-state index in [0.717, 1.165) is 108 Å². The normalized spacial score (nSPS) is 28.5. The summed E-state index contributed by atoms with van der Waals surface area (Å²) in [6.45, 7) is 24.4. The highest BCUT2D eigenvalue weighted by Crippen LogP contribution is 2.68. The van der Waals surface area contributed by atoms with Gasteiger partial charge in [0.25, 0.3) is 0 Å². The van der Waals surface area contributed by atoms with Crippen LogP contribution in [0.4, 0.5) is 0 Å². The SMILES string of the molecule is CCCCC/C=C\C/C=C\CCCCCCCCOC(CC[C@@H](C)C1CCC2C3CCC4C[C@H](OC(=O)C(C)(C)C)CC[C@]4(C)C3CC[C@@]21C)O[Si](C)(C)OCCCCCCN(CCO)CCO. The minimum atomic E-state index is -2.42. The molecule has 4 aliphatic rings. The number of hydrogen-bond donors (Lipinski definition) is 2. The summed E-state index contributed by atoms with van der Waals surface area (Å²) < 4.78 is 26.3. The summed E-state index contributed by atoms with van der Waals surface area (Å²) >= 11 is 0. The van der Waals surface area contributed by atoms with Gasteiger partial charge in [0, 0.05) is 26.3 Å². The third-order valence-corrected chi connectivity index (χ3v) is 19.6. The second kappa shape index (κ2) is 30.8. The molecule has 10 atom stereocenters. The van der Waals surface area contributed by atoms with Crippen LogP contribution in [0.25, 0.3) is 0 Å². The van der Waals surface area contributed by atoms with Gasteiger partial charge in [-0.25, -0.2) is 0 Å². The molecule has 0 aromatic heterocycles. The number of fused-ring (bicyclic) bond motifs is 5. The lowest BCUT2D eigenvalue weighted by Gasteiger charge is -2.61. The Bertz CT molecular complexity index is 1430. The first kappa shape index (κ1) is 59.5. The van der Waals surface area contributed by atoms with Crippen molar-refractivity contribution in [3.8, 4) is 0 Å². The van der Waals surface area contributed by atoms with Crippen LogP contribution < -0.4 is 0 Å². The summed E-state index contributed by atoms with van der Waals surface area (Å²) in [6.07, 6.45) is 42.0. The topological polar surface area (TPSA) is 97.7 Å². The molecule has 0 aromatic rings. The lowest BCUT2D eigenvalue weighted by molar-refractivity contribution is -0.170. The van der Waals surface area contributed by atoms with Gasteiger partial charge in [-0.3, -0.25) is 9.69 Å². The summed E-state index contributed by atoms with van der Waals surface area (Å²) in [4.78, 5) is 15.0. The number of aliphatic hydroxyl groups excluding tert-OH is 2. The van der Waals surface area contributed by atoms with Gasteiger partial charge >= 0.3 is 14.5 Å². The van der Waals surface area contributed by atoms with Crippen LogP contribution in [0.15, 0.2) is 24.3 Å². The molecule has 4 fully saturated rings. The molecule has 0 spiro atoms. The highest BCUT2D eigenvalue weighted by Gasteiger charge is 2.61. The summed E-state index contributed by atoms with van der Waals surface area (Å²) in [5.74, 6) is 4.50. The van der Waals surface area contributed by atoms with E-state index in [1.807, 2.05) is 20.8 Å². The van der Waals surface area contributed by atoms with Gasteiger partial charge in [0.15, 0.2) is 0 Å². The zero-order valence-electron chi connectivity index (χ0n) is 45.9. The number of ether oxygens (including phenoxy) is 2. The fourth-order valence-electron chi connectivity index (χ4n) is 13.8. The van der Waals surface area contributed by atoms with Gasteiger partial charge < -0.3 is 28.5 Å². The first-order chi connectivity index (χ1) is 32.6. The predicted molar refractivity (Wildman–Crippen MR) is 286 cm³/mol. The smallest absolute Gasteiger partial charge is 0.333 e. The Morgan fingerprint density at radius 3 is 2.01 bits per heavy atom. The first-order valence-corrected chi connectivity index (χ1v) is 31.8. The van der Waals surface area contributed by atoms with Crippen molar-refractivity contribution in [2.45, 2.75) is 247 Å². The molecule has 0 saturated heterocycles. The van der Waals surface area contributed by atoms with Crippen LogP contribution in [0.3, 0.4) is 0 Å². The molecule has 0 aliphatic heterocycles. The standard InChI is InChI=1S/C59H109NO7Si/c1-10-11-12-13-14-15-16-17-18-19-20-21-22-23-25-28-45-64-55(67-68(8,9)65-46-29-26-24-27-40-60(41-43-61)42-44-62)35-30-48(2)52-33-34-53-51-32-31-49-47-50(66-56(63)57(3,4)5)36-38-58(49,6)54(51)37-39-59(52,53)7/h14-15,17-18,48-55,61-62H,10-13,16,19-47H2,1-9H3/b15-14-,18-17-/t48-,49?,50-,51?,52?,53?,54?,55?,58+,59-/m1/s1. The van der Waals surface area contributed by atoms with Gasteiger partial charge in [-0.15, -0.1) is 0 Å². The van der Waals surface area contributed by atoms with Crippen LogP contribution in [-0.2, 0) is 23.1 Å². The van der Waals surface area contributed by atoms with Gasteiger partial charge in [-0.05, 0) is 209 Å². The average molecular weight is 973 g/mol. The molecule has 396 valence electrons. The number of carbonyl (C=O) groups excluding carboxylic acids is 1. The maximum absolute atomic E-state index is 12.8. The zero-order valence-corrected chi connectivity index (χ0v) is 46.9. The fraction of sp³-hybridized carbons (Fsp3) is 0.915. The largest absolute Gasteiger partial charge is 0.462 e. The highest BCUT2D eigenvalue weighted by molar-refractivity contribution is 6.64. The van der Waals surface area contributed by atoms with E-state index in [2.05, 4.69) is 70.0 Å². The molecular formula is C59H109NO7Si. The van der Waals surface area contributed by atoms with Gasteiger partial charge in [0.05, 0.1) is 18.6 Å². The molecule has 9 heteroatoms. The quantitative estimate of drug-likeness (QED) is 0.0213. The van der Waals surface area contributed by atoms with Crippen LogP contribution >= 0.6 is 0 Å². The highest BCUT2D eigenvalue weighted by atomic mass is 28.4. The lowest BCUT2D eigenvalue weighted by Crippen LogP contribution is -2.54. The van der Waals surface area contributed by atoms with Gasteiger partial charge in [-0.1, -0.05) is 103 Å². The maximum Gasteiger partial charge on any atom is 0.333 e. The molecule has 0 heterocycles. The number of hydrogen-bond acceptors (Lipinski definition) is 8. The van der Waals surface area contributed by atoms with E-state index >= 15 is 0 Å². The van der Waals surface area contributed by atoms with Crippen LogP contribution in [0.2, 0.25) is 13.1 Å². The Morgan fingerprint density at radius 2 is 1.34 bits per heavy atom. The number of esters is 1. The molecule has 0 radical (unpaired) electrons. The van der Waals surface area contributed by atoms with Crippen molar-refractivity contribution in [2.24, 2.45) is 51.8 Å². The van der Waals surface area contributed by atoms with Crippen molar-refractivity contribution in [1.29, 1.82) is 0 Å². The van der Waals surface area contributed by atoms with Crippen molar-refractivity contribution in [3.05, 3.63) is 24.3 Å². The van der Waals surface area contributed by atoms with E-state index in [1.54, 1.807) is 0 Å². The van der Waals surface area contributed by atoms with E-state index in [1.165, 1.54) is 109 Å². The van der Waals surface area contributed by atoms with Gasteiger partial charge in [-0.2, -0.15) is 0 Å². The minimum absolute atomic E-state index is 0.0347. The number of nitrogens with zero attached hydrogens (tertiary/aromatic N) is 1. The molecular weight excluding hydrogens is 863 g/mol. The number of allylic oxidation sites excluding steroid dienone is 4. The Balaban J connectivity index is 1.24. The van der Waals surface area contributed by atoms with E-state index < -0.39 is 14.0 Å².